The molecule has 2 atom stereocenters. The van der Waals surface area contributed by atoms with Gasteiger partial charge in [0.15, 0.2) is 0 Å². The van der Waals surface area contributed by atoms with E-state index >= 15 is 0 Å². The lowest BCUT2D eigenvalue weighted by molar-refractivity contribution is -0.162. The summed E-state index contributed by atoms with van der Waals surface area (Å²) in [6, 6.07) is 15.2. The van der Waals surface area contributed by atoms with E-state index in [-0.39, 0.29) is 4.34 Å². The van der Waals surface area contributed by atoms with Crippen molar-refractivity contribution in [3.63, 3.8) is 0 Å². The lowest BCUT2D eigenvalue weighted by Crippen LogP contribution is -2.57. The van der Waals surface area contributed by atoms with E-state index in [1.807, 2.05) is 4.72 Å². The molecule has 0 spiro atoms. The molecular formula is C17H16N2O5S2. The highest BCUT2D eigenvalue weighted by atomic mass is 32.2. The van der Waals surface area contributed by atoms with Gasteiger partial charge in [0.25, 0.3) is 10.0 Å². The number of carboxylic acid groups (broad SMARTS) is 1. The first kappa shape index (κ1) is 18.5. The van der Waals surface area contributed by atoms with Crippen LogP contribution >= 0.6 is 11.3 Å². The first-order chi connectivity index (χ1) is 12.2. The number of thiazole rings is 1. The number of nitrogens with zero attached hydrogens (tertiary/aromatic N) is 1. The highest BCUT2D eigenvalue weighted by molar-refractivity contribution is 7.91. The van der Waals surface area contributed by atoms with Gasteiger partial charge in [-0.15, -0.1) is 11.3 Å². The highest BCUT2D eigenvalue weighted by Gasteiger charge is 2.47. The maximum atomic E-state index is 12.7. The largest absolute Gasteiger partial charge is 0.478 e. The molecule has 0 unspecified atom stereocenters. The number of aromatic nitrogens is 1. The fraction of sp³-hybridized carbons (Fsp3) is 0.176. The van der Waals surface area contributed by atoms with Gasteiger partial charge >= 0.3 is 5.97 Å². The third-order valence-electron chi connectivity index (χ3n) is 4.05. The van der Waals surface area contributed by atoms with Crippen LogP contribution in [-0.2, 0) is 14.8 Å². The van der Waals surface area contributed by atoms with E-state index < -0.39 is 27.6 Å². The number of aliphatic hydroxyl groups is 1. The smallest absolute Gasteiger partial charge is 0.352 e. The number of hydrogen-bond acceptors (Lipinski definition) is 6. The minimum Gasteiger partial charge on any atom is -0.478 e. The van der Waals surface area contributed by atoms with Crippen molar-refractivity contribution in [1.29, 1.82) is 0 Å². The van der Waals surface area contributed by atoms with Crippen molar-refractivity contribution in [2.45, 2.75) is 22.9 Å². The molecule has 0 saturated carbocycles. The first-order valence-corrected chi connectivity index (χ1v) is 9.94. The van der Waals surface area contributed by atoms with Gasteiger partial charge in [0.05, 0.1) is 10.2 Å². The van der Waals surface area contributed by atoms with Gasteiger partial charge in [-0.25, -0.2) is 18.2 Å². The second-order valence-corrected chi connectivity index (χ2v) is 8.64. The summed E-state index contributed by atoms with van der Waals surface area (Å²) in [6.45, 7) is 1.43. The Labute approximate surface area is 154 Å². The van der Waals surface area contributed by atoms with Crippen molar-refractivity contribution in [1.82, 2.24) is 9.71 Å². The third-order valence-corrected chi connectivity index (χ3v) is 6.92. The number of para-hydroxylation sites is 1. The van der Waals surface area contributed by atoms with Crippen LogP contribution in [0.3, 0.4) is 0 Å². The zero-order valence-corrected chi connectivity index (χ0v) is 15.3. The first-order valence-electron chi connectivity index (χ1n) is 7.64. The molecule has 0 radical (unpaired) electrons. The number of benzene rings is 2. The number of sulfonamides is 1. The van der Waals surface area contributed by atoms with E-state index in [0.717, 1.165) is 11.3 Å². The lowest BCUT2D eigenvalue weighted by atomic mass is 9.91. The minimum atomic E-state index is -4.35. The molecule has 0 amide bonds. The van der Waals surface area contributed by atoms with Crippen LogP contribution in [0, 0.1) is 0 Å². The standard InChI is InChI=1S/C17H16N2O5S2/c1-11(12-7-3-2-4-8-12)17(22,15(20)21)19-26(23,24)16-18-13-9-5-6-10-14(13)25-16/h2-11,19,22H,1H3,(H,20,21)/t11-,17+/m0/s1. The van der Waals surface area contributed by atoms with E-state index in [0.29, 0.717) is 15.8 Å². The average Bonchev–Trinajstić information content (AvgIpc) is 3.06. The number of nitrogens with one attached hydrogen (secondary N) is 1. The monoisotopic (exact) mass is 392 g/mol. The molecule has 7 nitrogen and oxygen atoms in total. The van der Waals surface area contributed by atoms with Gasteiger partial charge in [0.2, 0.25) is 10.1 Å². The lowest BCUT2D eigenvalue weighted by Gasteiger charge is -2.30. The van der Waals surface area contributed by atoms with Crippen LogP contribution in [0.15, 0.2) is 58.9 Å². The second-order valence-electron chi connectivity index (χ2n) is 5.76. The zero-order chi connectivity index (χ0) is 18.9. The third kappa shape index (κ3) is 3.34. The Morgan fingerprint density at radius 2 is 1.77 bits per heavy atom. The minimum absolute atomic E-state index is 0.307. The normalized spacial score (nSPS) is 15.5. The molecule has 3 aromatic rings. The van der Waals surface area contributed by atoms with Crippen LogP contribution in [0.5, 0.6) is 0 Å². The molecule has 0 aliphatic rings. The summed E-state index contributed by atoms with van der Waals surface area (Å²) in [5.41, 5.74) is -1.77. The number of carboxylic acids is 1. The number of hydrogen-bond donors (Lipinski definition) is 3. The van der Waals surface area contributed by atoms with Crippen LogP contribution in [0.2, 0.25) is 0 Å². The summed E-state index contributed by atoms with van der Waals surface area (Å²) in [5, 5.41) is 20.2. The Hall–Kier alpha value is -2.33. The molecule has 9 heteroatoms. The molecule has 2 aromatic carbocycles. The van der Waals surface area contributed by atoms with Gasteiger partial charge in [0.1, 0.15) is 0 Å². The van der Waals surface area contributed by atoms with Gasteiger partial charge in [-0.3, -0.25) is 0 Å². The fourth-order valence-corrected chi connectivity index (χ4v) is 5.02. The number of aliphatic carboxylic acids is 1. The van der Waals surface area contributed by atoms with E-state index in [2.05, 4.69) is 4.98 Å². The molecular weight excluding hydrogens is 376 g/mol. The van der Waals surface area contributed by atoms with Crippen molar-refractivity contribution in [2.24, 2.45) is 0 Å². The second kappa shape index (κ2) is 6.76. The summed E-state index contributed by atoms with van der Waals surface area (Å²) in [4.78, 5) is 15.7. The SMILES string of the molecule is C[C@@H](c1ccccc1)[C@](O)(NS(=O)(=O)c1nc2ccccc2s1)C(=O)O. The molecule has 0 bridgehead atoms. The highest BCUT2D eigenvalue weighted by Crippen LogP contribution is 2.30. The molecule has 3 rings (SSSR count). The van der Waals surface area contributed by atoms with Gasteiger partial charge in [0, 0.05) is 5.92 Å². The molecule has 0 fully saturated rings. The Morgan fingerprint density at radius 3 is 2.38 bits per heavy atom. The molecule has 136 valence electrons. The van der Waals surface area contributed by atoms with Crippen LogP contribution in [-0.4, -0.2) is 35.3 Å². The molecule has 1 heterocycles. The van der Waals surface area contributed by atoms with Crippen LogP contribution < -0.4 is 4.72 Å². The predicted octanol–water partition coefficient (Wildman–Crippen LogP) is 2.15. The maximum absolute atomic E-state index is 12.7. The van der Waals surface area contributed by atoms with Crippen molar-refractivity contribution in [2.75, 3.05) is 0 Å². The Bertz CT molecular complexity index is 1020. The number of carbonyl (C=O) groups is 1. The molecule has 3 N–H and O–H groups in total. The fourth-order valence-electron chi connectivity index (χ4n) is 2.51. The molecule has 1 aromatic heterocycles. The van der Waals surface area contributed by atoms with Crippen LogP contribution in [0.1, 0.15) is 18.4 Å². The number of rotatable bonds is 6. The van der Waals surface area contributed by atoms with Crippen molar-refractivity contribution >= 4 is 37.5 Å². The Balaban J connectivity index is 2.00. The molecule has 0 saturated heterocycles. The van der Waals surface area contributed by atoms with Crippen LogP contribution in [0.25, 0.3) is 10.2 Å². The maximum Gasteiger partial charge on any atom is 0.352 e. The van der Waals surface area contributed by atoms with E-state index in [1.165, 1.54) is 6.92 Å². The predicted molar refractivity (Wildman–Crippen MR) is 97.4 cm³/mol. The Morgan fingerprint density at radius 1 is 1.15 bits per heavy atom. The topological polar surface area (TPSA) is 117 Å². The molecule has 26 heavy (non-hydrogen) atoms. The van der Waals surface area contributed by atoms with Gasteiger partial charge in [-0.2, -0.15) is 4.72 Å². The van der Waals surface area contributed by atoms with Crippen LogP contribution in [0.4, 0.5) is 0 Å². The average molecular weight is 392 g/mol. The number of fused-ring (bicyclic) bond motifs is 1. The summed E-state index contributed by atoms with van der Waals surface area (Å²) in [6.07, 6.45) is 0. The summed E-state index contributed by atoms with van der Waals surface area (Å²) in [7, 11) is -4.35. The van der Waals surface area contributed by atoms with Gasteiger partial charge in [-0.05, 0) is 17.7 Å². The zero-order valence-electron chi connectivity index (χ0n) is 13.7. The molecule has 0 aliphatic heterocycles. The van der Waals surface area contributed by atoms with Crippen molar-refractivity contribution < 1.29 is 23.4 Å². The Kier molecular flexibility index (Phi) is 4.80. The van der Waals surface area contributed by atoms with Crippen molar-refractivity contribution in [3.8, 4) is 0 Å². The van der Waals surface area contributed by atoms with E-state index in [1.54, 1.807) is 54.6 Å². The van der Waals surface area contributed by atoms with E-state index in [4.69, 9.17) is 0 Å². The summed E-state index contributed by atoms with van der Waals surface area (Å²) >= 11 is 0.899. The van der Waals surface area contributed by atoms with E-state index in [9.17, 15) is 23.4 Å². The van der Waals surface area contributed by atoms with Crippen molar-refractivity contribution in [3.05, 3.63) is 60.2 Å². The molecule has 0 aliphatic carbocycles. The summed E-state index contributed by atoms with van der Waals surface area (Å²) in [5.74, 6) is -2.73. The quantitative estimate of drug-likeness (QED) is 0.554. The van der Waals surface area contributed by atoms with Gasteiger partial charge in [-0.1, -0.05) is 49.4 Å². The summed E-state index contributed by atoms with van der Waals surface area (Å²) < 4.78 is 27.6. The van der Waals surface area contributed by atoms with Gasteiger partial charge < -0.3 is 10.2 Å².